The van der Waals surface area contributed by atoms with Gasteiger partial charge in [-0.25, -0.2) is 4.98 Å². The van der Waals surface area contributed by atoms with Crippen molar-refractivity contribution >= 4 is 0 Å². The molecule has 74 valence electrons. The maximum absolute atomic E-state index is 13.1. The fraction of sp³-hybridized carbons (Fsp3) is 0.364. The first-order valence-corrected chi connectivity index (χ1v) is 4.80. The zero-order valence-electron chi connectivity index (χ0n) is 7.82. The summed E-state index contributed by atoms with van der Waals surface area (Å²) < 4.78 is 18.5. The van der Waals surface area contributed by atoms with Crippen LogP contribution in [-0.2, 0) is 0 Å². The van der Waals surface area contributed by atoms with Gasteiger partial charge in [0.15, 0.2) is 5.75 Å². The molecule has 0 saturated carbocycles. The third-order valence-electron chi connectivity index (χ3n) is 2.21. The van der Waals surface area contributed by atoms with Crippen LogP contribution in [0.25, 0.3) is 0 Å². The van der Waals surface area contributed by atoms with Crippen LogP contribution in [0.4, 0.5) is 4.39 Å². The molecule has 1 aliphatic rings. The van der Waals surface area contributed by atoms with Crippen molar-refractivity contribution in [3.05, 3.63) is 36.4 Å². The Morgan fingerprint density at radius 3 is 3.14 bits per heavy atom. The summed E-state index contributed by atoms with van der Waals surface area (Å²) in [7, 11) is 0. The van der Waals surface area contributed by atoms with Crippen LogP contribution in [0.2, 0.25) is 0 Å². The molecule has 0 spiro atoms. The summed E-state index contributed by atoms with van der Waals surface area (Å²) in [4.78, 5) is 3.53. The molecule has 14 heavy (non-hydrogen) atoms. The number of hydrogen-bond acceptors (Lipinski definition) is 2. The molecule has 0 fully saturated rings. The van der Waals surface area contributed by atoms with E-state index in [2.05, 4.69) is 11.1 Å². The highest BCUT2D eigenvalue weighted by molar-refractivity contribution is 5.19. The van der Waals surface area contributed by atoms with Crippen molar-refractivity contribution in [2.45, 2.75) is 25.4 Å². The second-order valence-electron chi connectivity index (χ2n) is 3.31. The van der Waals surface area contributed by atoms with Gasteiger partial charge in [-0.3, -0.25) is 0 Å². The van der Waals surface area contributed by atoms with Crippen molar-refractivity contribution in [2.24, 2.45) is 0 Å². The van der Waals surface area contributed by atoms with Gasteiger partial charge in [-0.15, -0.1) is 0 Å². The minimum Gasteiger partial charge on any atom is -0.482 e. The summed E-state index contributed by atoms with van der Waals surface area (Å²) in [5.41, 5.74) is 0. The van der Waals surface area contributed by atoms with Crippen LogP contribution in [0.1, 0.15) is 19.3 Å². The maximum Gasteiger partial charge on any atom is 0.255 e. The number of ether oxygens (including phenoxy) is 1. The maximum atomic E-state index is 13.1. The van der Waals surface area contributed by atoms with Gasteiger partial charge in [0.2, 0.25) is 0 Å². The van der Waals surface area contributed by atoms with Gasteiger partial charge in [-0.1, -0.05) is 6.08 Å². The van der Waals surface area contributed by atoms with Crippen LogP contribution in [0, 0.1) is 5.95 Å². The third-order valence-corrected chi connectivity index (χ3v) is 2.21. The predicted octanol–water partition coefficient (Wildman–Crippen LogP) is 2.71. The zero-order valence-corrected chi connectivity index (χ0v) is 7.82. The summed E-state index contributed by atoms with van der Waals surface area (Å²) in [5.74, 6) is -0.296. The first-order valence-electron chi connectivity index (χ1n) is 4.80. The van der Waals surface area contributed by atoms with E-state index in [1.165, 1.54) is 6.20 Å². The fourth-order valence-electron chi connectivity index (χ4n) is 1.50. The van der Waals surface area contributed by atoms with Crippen molar-refractivity contribution in [1.82, 2.24) is 4.98 Å². The Hall–Kier alpha value is -1.38. The molecule has 0 radical (unpaired) electrons. The lowest BCUT2D eigenvalue weighted by Gasteiger charge is -2.18. The number of rotatable bonds is 2. The van der Waals surface area contributed by atoms with E-state index in [9.17, 15) is 4.39 Å². The molecule has 1 unspecified atom stereocenters. The average Bonchev–Trinajstić information content (AvgIpc) is 2.23. The highest BCUT2D eigenvalue weighted by atomic mass is 19.1. The van der Waals surface area contributed by atoms with E-state index in [0.29, 0.717) is 0 Å². The van der Waals surface area contributed by atoms with E-state index in [-0.39, 0.29) is 11.9 Å². The van der Waals surface area contributed by atoms with E-state index >= 15 is 0 Å². The Kier molecular flexibility index (Phi) is 2.77. The van der Waals surface area contributed by atoms with Crippen LogP contribution < -0.4 is 4.74 Å². The van der Waals surface area contributed by atoms with Gasteiger partial charge >= 0.3 is 0 Å². The SMILES string of the molecule is Fc1ncccc1OC1C=CCCC1. The molecule has 0 N–H and O–H groups in total. The van der Waals surface area contributed by atoms with Crippen molar-refractivity contribution < 1.29 is 9.13 Å². The summed E-state index contributed by atoms with van der Waals surface area (Å²) in [6, 6.07) is 3.27. The van der Waals surface area contributed by atoms with E-state index in [1.807, 2.05) is 6.08 Å². The molecule has 2 nitrogen and oxygen atoms in total. The van der Waals surface area contributed by atoms with Crippen molar-refractivity contribution in [2.75, 3.05) is 0 Å². The van der Waals surface area contributed by atoms with Crippen LogP contribution >= 0.6 is 0 Å². The lowest BCUT2D eigenvalue weighted by atomic mass is 10.1. The number of halogens is 1. The highest BCUT2D eigenvalue weighted by Gasteiger charge is 2.12. The number of hydrogen-bond donors (Lipinski definition) is 0. The minimum atomic E-state index is -0.536. The Balaban J connectivity index is 2.06. The van der Waals surface area contributed by atoms with Gasteiger partial charge < -0.3 is 4.74 Å². The highest BCUT2D eigenvalue weighted by Crippen LogP contribution is 2.20. The molecular formula is C11H12FNO. The molecule has 1 aromatic heterocycles. The quantitative estimate of drug-likeness (QED) is 0.532. The molecule has 0 saturated heterocycles. The summed E-state index contributed by atoms with van der Waals surface area (Å²) in [6.07, 6.45) is 8.61. The van der Waals surface area contributed by atoms with Crippen LogP contribution in [0.3, 0.4) is 0 Å². The van der Waals surface area contributed by atoms with E-state index < -0.39 is 5.95 Å². The first kappa shape index (κ1) is 9.19. The Labute approximate surface area is 82.4 Å². The molecular weight excluding hydrogens is 181 g/mol. The van der Waals surface area contributed by atoms with Gasteiger partial charge in [0, 0.05) is 6.20 Å². The lowest BCUT2D eigenvalue weighted by molar-refractivity contribution is 0.217. The van der Waals surface area contributed by atoms with Gasteiger partial charge in [-0.05, 0) is 37.5 Å². The average molecular weight is 193 g/mol. The molecule has 1 aromatic rings. The molecule has 0 amide bonds. The first-order chi connectivity index (χ1) is 6.86. The molecule has 0 aromatic carbocycles. The largest absolute Gasteiger partial charge is 0.482 e. The van der Waals surface area contributed by atoms with Gasteiger partial charge in [0.05, 0.1) is 0 Å². The van der Waals surface area contributed by atoms with E-state index in [0.717, 1.165) is 19.3 Å². The number of nitrogens with zero attached hydrogens (tertiary/aromatic N) is 1. The molecule has 0 aliphatic heterocycles. The lowest BCUT2D eigenvalue weighted by Crippen LogP contribution is -2.16. The second kappa shape index (κ2) is 4.22. The van der Waals surface area contributed by atoms with Crippen LogP contribution in [-0.4, -0.2) is 11.1 Å². The fourth-order valence-corrected chi connectivity index (χ4v) is 1.50. The summed E-state index contributed by atoms with van der Waals surface area (Å²) in [5, 5.41) is 0. The smallest absolute Gasteiger partial charge is 0.255 e. The van der Waals surface area contributed by atoms with Crippen molar-refractivity contribution in [3.8, 4) is 5.75 Å². The molecule has 2 rings (SSSR count). The van der Waals surface area contributed by atoms with Crippen molar-refractivity contribution in [3.63, 3.8) is 0 Å². The van der Waals surface area contributed by atoms with Crippen LogP contribution in [0.5, 0.6) is 5.75 Å². The number of pyridine rings is 1. The van der Waals surface area contributed by atoms with E-state index in [4.69, 9.17) is 4.74 Å². The Bertz CT molecular complexity index is 338. The second-order valence-corrected chi connectivity index (χ2v) is 3.31. The van der Waals surface area contributed by atoms with Gasteiger partial charge in [-0.2, -0.15) is 4.39 Å². The summed E-state index contributed by atoms with van der Waals surface area (Å²) in [6.45, 7) is 0. The topological polar surface area (TPSA) is 22.1 Å². The third kappa shape index (κ3) is 2.10. The molecule has 1 heterocycles. The van der Waals surface area contributed by atoms with Crippen molar-refractivity contribution in [1.29, 1.82) is 0 Å². The zero-order chi connectivity index (χ0) is 9.80. The normalized spacial score (nSPS) is 20.8. The summed E-state index contributed by atoms with van der Waals surface area (Å²) >= 11 is 0. The molecule has 1 aliphatic carbocycles. The van der Waals surface area contributed by atoms with Crippen LogP contribution in [0.15, 0.2) is 30.5 Å². The predicted molar refractivity (Wildman–Crippen MR) is 51.6 cm³/mol. The molecule has 0 bridgehead atoms. The van der Waals surface area contributed by atoms with Gasteiger partial charge in [0.25, 0.3) is 5.95 Å². The minimum absolute atomic E-state index is 0.00227. The molecule has 3 heteroatoms. The number of allylic oxidation sites excluding steroid dienone is 1. The monoisotopic (exact) mass is 193 g/mol. The Morgan fingerprint density at radius 1 is 1.50 bits per heavy atom. The van der Waals surface area contributed by atoms with E-state index in [1.54, 1.807) is 12.1 Å². The number of aromatic nitrogens is 1. The van der Waals surface area contributed by atoms with Gasteiger partial charge in [0.1, 0.15) is 6.10 Å². The Morgan fingerprint density at radius 2 is 2.43 bits per heavy atom. The molecule has 1 atom stereocenters. The standard InChI is InChI=1S/C11H12FNO/c12-11-10(7-4-8-13-11)14-9-5-2-1-3-6-9/h2,4-5,7-9H,1,3,6H2.